The van der Waals surface area contributed by atoms with Gasteiger partial charge in [-0.15, -0.1) is 0 Å². The van der Waals surface area contributed by atoms with Crippen LogP contribution in [-0.2, 0) is 14.8 Å². The van der Waals surface area contributed by atoms with Crippen LogP contribution in [0.3, 0.4) is 0 Å². The van der Waals surface area contributed by atoms with Gasteiger partial charge in [-0.05, 0) is 59.2 Å². The van der Waals surface area contributed by atoms with Crippen LogP contribution in [0.5, 0.6) is 0 Å². The van der Waals surface area contributed by atoms with E-state index in [2.05, 4.69) is 34.5 Å². The van der Waals surface area contributed by atoms with Crippen molar-refractivity contribution >= 4 is 27.7 Å². The molecule has 0 aromatic heterocycles. The standard InChI is InChI=1S/C32H30FN3O3S/c33-28-14-11-25(12-15-28)13-20-31(37)34-29-16-18-30(19-17-29)40(38,39)36-23-21-35(22-24-36)32(26-7-3-1-4-8-26)27-9-5-2-6-10-27/h1-20,32H,21-24H2,(H,34,37). The normalized spacial score (nSPS) is 14.9. The summed E-state index contributed by atoms with van der Waals surface area (Å²) in [7, 11) is -3.69. The number of piperazine rings is 1. The lowest BCUT2D eigenvalue weighted by atomic mass is 9.96. The first-order valence-corrected chi connectivity index (χ1v) is 14.5. The van der Waals surface area contributed by atoms with Gasteiger partial charge in [0, 0.05) is 37.9 Å². The fourth-order valence-corrected chi connectivity index (χ4v) is 6.30. The van der Waals surface area contributed by atoms with E-state index in [1.165, 1.54) is 45.8 Å². The molecule has 0 unspecified atom stereocenters. The number of hydrogen-bond acceptors (Lipinski definition) is 4. The molecule has 0 saturated carbocycles. The molecule has 1 N–H and O–H groups in total. The van der Waals surface area contributed by atoms with Crippen molar-refractivity contribution in [2.24, 2.45) is 0 Å². The zero-order chi connectivity index (χ0) is 28.0. The van der Waals surface area contributed by atoms with E-state index in [4.69, 9.17) is 0 Å². The maximum absolute atomic E-state index is 13.4. The van der Waals surface area contributed by atoms with Gasteiger partial charge in [0.15, 0.2) is 0 Å². The first-order chi connectivity index (χ1) is 19.4. The Morgan fingerprint density at radius 1 is 0.750 bits per heavy atom. The molecule has 40 heavy (non-hydrogen) atoms. The summed E-state index contributed by atoms with van der Waals surface area (Å²) in [5, 5.41) is 2.72. The van der Waals surface area contributed by atoms with Crippen molar-refractivity contribution < 1.29 is 17.6 Å². The molecule has 1 fully saturated rings. The number of carbonyl (C=O) groups is 1. The van der Waals surface area contributed by atoms with Crippen LogP contribution in [0.2, 0.25) is 0 Å². The van der Waals surface area contributed by atoms with E-state index < -0.39 is 10.0 Å². The molecule has 5 rings (SSSR count). The molecule has 8 heteroatoms. The van der Waals surface area contributed by atoms with Gasteiger partial charge in [0.1, 0.15) is 5.82 Å². The van der Waals surface area contributed by atoms with Crippen LogP contribution in [-0.4, -0.2) is 49.7 Å². The topological polar surface area (TPSA) is 69.7 Å². The van der Waals surface area contributed by atoms with Gasteiger partial charge < -0.3 is 5.32 Å². The van der Waals surface area contributed by atoms with Crippen LogP contribution < -0.4 is 5.32 Å². The van der Waals surface area contributed by atoms with Crippen LogP contribution in [0.25, 0.3) is 6.08 Å². The summed E-state index contributed by atoms with van der Waals surface area (Å²) < 4.78 is 41.4. The fourth-order valence-electron chi connectivity index (χ4n) is 4.88. The van der Waals surface area contributed by atoms with Crippen molar-refractivity contribution in [3.63, 3.8) is 0 Å². The summed E-state index contributed by atoms with van der Waals surface area (Å²) in [6.45, 7) is 1.96. The fraction of sp³-hybridized carbons (Fsp3) is 0.156. The predicted molar refractivity (Wildman–Crippen MR) is 156 cm³/mol. The molecule has 0 bridgehead atoms. The highest BCUT2D eigenvalue weighted by Gasteiger charge is 2.32. The lowest BCUT2D eigenvalue weighted by Gasteiger charge is -2.39. The Kier molecular flexibility index (Phi) is 8.50. The molecule has 1 aliphatic heterocycles. The SMILES string of the molecule is O=C(C=Cc1ccc(F)cc1)Nc1ccc(S(=O)(=O)N2CCN(C(c3ccccc3)c3ccccc3)CC2)cc1. The van der Waals surface area contributed by atoms with Gasteiger partial charge in [-0.2, -0.15) is 4.31 Å². The first kappa shape index (κ1) is 27.5. The average Bonchev–Trinajstić information content (AvgIpc) is 2.99. The Morgan fingerprint density at radius 2 is 1.30 bits per heavy atom. The number of halogens is 1. The van der Waals surface area contributed by atoms with Crippen molar-refractivity contribution in [3.8, 4) is 0 Å². The number of anilines is 1. The smallest absolute Gasteiger partial charge is 0.248 e. The van der Waals surface area contributed by atoms with Gasteiger partial charge in [-0.3, -0.25) is 9.69 Å². The Morgan fingerprint density at radius 3 is 1.85 bits per heavy atom. The number of nitrogens with zero attached hydrogens (tertiary/aromatic N) is 2. The quantitative estimate of drug-likeness (QED) is 0.289. The number of rotatable bonds is 8. The molecule has 4 aromatic rings. The van der Waals surface area contributed by atoms with Crippen LogP contribution in [0.1, 0.15) is 22.7 Å². The molecule has 6 nitrogen and oxygen atoms in total. The summed E-state index contributed by atoms with van der Waals surface area (Å²) in [6.07, 6.45) is 2.92. The highest BCUT2D eigenvalue weighted by molar-refractivity contribution is 7.89. The minimum Gasteiger partial charge on any atom is -0.323 e. The van der Waals surface area contributed by atoms with E-state index in [1.54, 1.807) is 30.3 Å². The van der Waals surface area contributed by atoms with E-state index in [9.17, 15) is 17.6 Å². The van der Waals surface area contributed by atoms with Crippen LogP contribution >= 0.6 is 0 Å². The molecule has 1 heterocycles. The van der Waals surface area contributed by atoms with Gasteiger partial charge in [-0.25, -0.2) is 12.8 Å². The third-order valence-electron chi connectivity index (χ3n) is 6.93. The zero-order valence-electron chi connectivity index (χ0n) is 21.9. The average molecular weight is 556 g/mol. The number of hydrogen-bond donors (Lipinski definition) is 1. The van der Waals surface area contributed by atoms with E-state index in [0.29, 0.717) is 37.4 Å². The molecular weight excluding hydrogens is 525 g/mol. The molecular formula is C32H30FN3O3S. The second-order valence-corrected chi connectivity index (χ2v) is 11.5. The number of sulfonamides is 1. The first-order valence-electron chi connectivity index (χ1n) is 13.1. The second kappa shape index (κ2) is 12.4. The van der Waals surface area contributed by atoms with E-state index in [-0.39, 0.29) is 22.7 Å². The number of nitrogens with one attached hydrogen (secondary N) is 1. The van der Waals surface area contributed by atoms with Gasteiger partial charge >= 0.3 is 0 Å². The minimum absolute atomic E-state index is 0.0484. The molecule has 204 valence electrons. The molecule has 0 radical (unpaired) electrons. The summed E-state index contributed by atoms with van der Waals surface area (Å²) in [6, 6.07) is 32.6. The highest BCUT2D eigenvalue weighted by atomic mass is 32.2. The summed E-state index contributed by atoms with van der Waals surface area (Å²) in [5.74, 6) is -0.718. The number of amides is 1. The monoisotopic (exact) mass is 555 g/mol. The highest BCUT2D eigenvalue weighted by Crippen LogP contribution is 2.30. The second-order valence-electron chi connectivity index (χ2n) is 9.56. The van der Waals surface area contributed by atoms with E-state index >= 15 is 0 Å². The van der Waals surface area contributed by atoms with Crippen LogP contribution in [0, 0.1) is 5.82 Å². The Balaban J connectivity index is 1.22. The number of carbonyl (C=O) groups excluding carboxylic acids is 1. The van der Waals surface area contributed by atoms with Crippen LogP contribution in [0.15, 0.2) is 120 Å². The van der Waals surface area contributed by atoms with Crippen molar-refractivity contribution in [3.05, 3.63) is 138 Å². The maximum atomic E-state index is 13.4. The van der Waals surface area contributed by atoms with Crippen LogP contribution in [0.4, 0.5) is 10.1 Å². The Bertz CT molecular complexity index is 1510. The Labute approximate surface area is 234 Å². The molecule has 0 atom stereocenters. The molecule has 1 saturated heterocycles. The lowest BCUT2D eigenvalue weighted by Crippen LogP contribution is -2.49. The van der Waals surface area contributed by atoms with Gasteiger partial charge in [0.2, 0.25) is 15.9 Å². The molecule has 1 aliphatic rings. The lowest BCUT2D eigenvalue weighted by molar-refractivity contribution is -0.111. The molecule has 0 spiro atoms. The summed E-state index contributed by atoms with van der Waals surface area (Å²) in [5.41, 5.74) is 3.52. The predicted octanol–water partition coefficient (Wildman–Crippen LogP) is 5.57. The van der Waals surface area contributed by atoms with Crippen molar-refractivity contribution in [2.45, 2.75) is 10.9 Å². The summed E-state index contributed by atoms with van der Waals surface area (Å²) in [4.78, 5) is 14.8. The minimum atomic E-state index is -3.69. The molecule has 0 aliphatic carbocycles. The molecule has 1 amide bonds. The molecule has 4 aromatic carbocycles. The van der Waals surface area contributed by atoms with Gasteiger partial charge in [-0.1, -0.05) is 72.8 Å². The maximum Gasteiger partial charge on any atom is 0.248 e. The van der Waals surface area contributed by atoms with E-state index in [1.807, 2.05) is 36.4 Å². The van der Waals surface area contributed by atoms with Gasteiger partial charge in [0.25, 0.3) is 0 Å². The van der Waals surface area contributed by atoms with Crippen molar-refractivity contribution in [1.29, 1.82) is 0 Å². The van der Waals surface area contributed by atoms with Crippen molar-refractivity contribution in [1.82, 2.24) is 9.21 Å². The zero-order valence-corrected chi connectivity index (χ0v) is 22.7. The largest absolute Gasteiger partial charge is 0.323 e. The number of benzene rings is 4. The van der Waals surface area contributed by atoms with Gasteiger partial charge in [0.05, 0.1) is 10.9 Å². The summed E-state index contributed by atoms with van der Waals surface area (Å²) >= 11 is 0. The third-order valence-corrected chi connectivity index (χ3v) is 8.84. The van der Waals surface area contributed by atoms with E-state index in [0.717, 1.165) is 0 Å². The Hall–Kier alpha value is -4.11. The van der Waals surface area contributed by atoms with Crippen molar-refractivity contribution in [2.75, 3.05) is 31.5 Å². The third kappa shape index (κ3) is 6.54.